The molecule has 0 bridgehead atoms. The summed E-state index contributed by atoms with van der Waals surface area (Å²) in [7, 11) is 1.36. The lowest BCUT2D eigenvalue weighted by Crippen LogP contribution is -2.10. The molecule has 0 aliphatic carbocycles. The molecule has 6 heteroatoms. The van der Waals surface area contributed by atoms with Crippen molar-refractivity contribution in [2.45, 2.75) is 12.8 Å². The van der Waals surface area contributed by atoms with Crippen LogP contribution < -0.4 is 10.5 Å². The molecule has 0 spiro atoms. The lowest BCUT2D eigenvalue weighted by Gasteiger charge is -2.10. The van der Waals surface area contributed by atoms with Crippen LogP contribution in [0.25, 0.3) is 0 Å². The van der Waals surface area contributed by atoms with Crippen molar-refractivity contribution in [2.24, 2.45) is 5.73 Å². The number of nitrogens with one attached hydrogen (secondary N) is 1. The van der Waals surface area contributed by atoms with Crippen molar-refractivity contribution in [2.75, 3.05) is 11.8 Å². The molecule has 1 atom stereocenters. The van der Waals surface area contributed by atoms with Gasteiger partial charge in [-0.05, 0) is 24.6 Å². The number of rotatable bonds is 4. The third-order valence-corrected chi connectivity index (χ3v) is 2.77. The maximum atomic E-state index is 11.3. The molecule has 0 saturated carbocycles. The van der Waals surface area contributed by atoms with E-state index in [2.05, 4.69) is 9.46 Å². The Morgan fingerprint density at radius 1 is 1.35 bits per heavy atom. The van der Waals surface area contributed by atoms with Gasteiger partial charge in [-0.25, -0.2) is 0 Å². The summed E-state index contributed by atoms with van der Waals surface area (Å²) in [6.07, 6.45) is 0. The van der Waals surface area contributed by atoms with Crippen LogP contribution in [-0.4, -0.2) is 18.3 Å². The van der Waals surface area contributed by atoms with E-state index < -0.39 is 5.24 Å². The molecule has 5 nitrogen and oxygen atoms in total. The van der Waals surface area contributed by atoms with Crippen molar-refractivity contribution < 1.29 is 14.3 Å². The van der Waals surface area contributed by atoms with Crippen molar-refractivity contribution in [1.29, 1.82) is 0 Å². The zero-order valence-electron chi connectivity index (χ0n) is 9.60. The second-order valence-electron chi connectivity index (χ2n) is 3.39. The zero-order chi connectivity index (χ0) is 12.8. The first kappa shape index (κ1) is 13.4. The molecule has 3 N–H and O–H groups in total. The van der Waals surface area contributed by atoms with Gasteiger partial charge in [0.1, 0.15) is 0 Å². The van der Waals surface area contributed by atoms with Crippen molar-refractivity contribution in [3.8, 4) is 0 Å². The normalized spacial score (nSPS) is 11.6. The molecule has 1 rings (SSSR count). The Morgan fingerprint density at radius 2 is 1.94 bits per heavy atom. The van der Waals surface area contributed by atoms with Crippen LogP contribution in [0.15, 0.2) is 24.3 Å². The predicted molar refractivity (Wildman–Crippen MR) is 67.7 cm³/mol. The molecular weight excluding hydrogens is 240 g/mol. The highest BCUT2D eigenvalue weighted by atomic mass is 32.2. The fourth-order valence-electron chi connectivity index (χ4n) is 1.26. The van der Waals surface area contributed by atoms with Crippen LogP contribution in [0.5, 0.6) is 0 Å². The number of methoxy groups -OCH3 is 1. The van der Waals surface area contributed by atoms with Crippen molar-refractivity contribution in [3.63, 3.8) is 0 Å². The van der Waals surface area contributed by atoms with Gasteiger partial charge in [-0.3, -0.25) is 9.59 Å². The Kier molecular flexibility index (Phi) is 4.84. The molecule has 1 aromatic rings. The molecule has 1 aromatic carbocycles. The summed E-state index contributed by atoms with van der Waals surface area (Å²) in [5.74, 6) is -0.588. The van der Waals surface area contributed by atoms with Crippen LogP contribution in [0.4, 0.5) is 10.5 Å². The van der Waals surface area contributed by atoms with E-state index in [9.17, 15) is 9.59 Å². The van der Waals surface area contributed by atoms with E-state index in [-0.39, 0.29) is 11.9 Å². The van der Waals surface area contributed by atoms with E-state index in [4.69, 9.17) is 5.73 Å². The topological polar surface area (TPSA) is 81.4 Å². The van der Waals surface area contributed by atoms with Gasteiger partial charge in [0.25, 0.3) is 5.24 Å². The van der Waals surface area contributed by atoms with Crippen LogP contribution in [-0.2, 0) is 9.53 Å². The number of hydrogen-bond acceptors (Lipinski definition) is 5. The van der Waals surface area contributed by atoms with E-state index in [1.54, 1.807) is 31.2 Å². The number of primary amides is 1. The first-order valence-electron chi connectivity index (χ1n) is 4.94. The Morgan fingerprint density at radius 3 is 2.41 bits per heavy atom. The van der Waals surface area contributed by atoms with Crippen LogP contribution in [0.2, 0.25) is 0 Å². The van der Waals surface area contributed by atoms with Gasteiger partial charge in [-0.15, -0.1) is 0 Å². The number of anilines is 1. The van der Waals surface area contributed by atoms with Gasteiger partial charge >= 0.3 is 5.97 Å². The molecule has 92 valence electrons. The molecule has 1 amide bonds. The highest BCUT2D eigenvalue weighted by molar-refractivity contribution is 8.14. The largest absolute Gasteiger partial charge is 0.469 e. The molecule has 0 aromatic heterocycles. The van der Waals surface area contributed by atoms with E-state index in [1.165, 1.54) is 7.11 Å². The minimum atomic E-state index is -0.503. The summed E-state index contributed by atoms with van der Waals surface area (Å²) in [6, 6.07) is 7.13. The summed E-state index contributed by atoms with van der Waals surface area (Å²) in [5.41, 5.74) is 6.57. The molecule has 0 aliphatic rings. The van der Waals surface area contributed by atoms with Gasteiger partial charge < -0.3 is 15.2 Å². The van der Waals surface area contributed by atoms with Crippen LogP contribution in [0.1, 0.15) is 18.4 Å². The second kappa shape index (κ2) is 6.15. The Balaban J connectivity index is 2.67. The number of esters is 1. The van der Waals surface area contributed by atoms with Gasteiger partial charge in [0, 0.05) is 17.6 Å². The number of amides is 1. The first-order valence-corrected chi connectivity index (χ1v) is 5.76. The Bertz CT molecular complexity index is 406. The molecule has 0 aliphatic heterocycles. The van der Waals surface area contributed by atoms with Crippen LogP contribution >= 0.6 is 11.9 Å². The fraction of sp³-hybridized carbons (Fsp3) is 0.273. The van der Waals surface area contributed by atoms with E-state index in [0.29, 0.717) is 0 Å². The van der Waals surface area contributed by atoms with Gasteiger partial charge in [-0.2, -0.15) is 0 Å². The molecule has 0 heterocycles. The average molecular weight is 254 g/mol. The summed E-state index contributed by atoms with van der Waals surface area (Å²) >= 11 is 0.807. The van der Waals surface area contributed by atoms with Gasteiger partial charge in [0.2, 0.25) is 0 Å². The fourth-order valence-corrected chi connectivity index (χ4v) is 1.62. The van der Waals surface area contributed by atoms with Gasteiger partial charge in [0.15, 0.2) is 0 Å². The monoisotopic (exact) mass is 254 g/mol. The SMILES string of the molecule is COC(=O)[C@@H](C)c1ccc(NSC(N)=O)cc1. The third-order valence-electron chi connectivity index (χ3n) is 2.23. The lowest BCUT2D eigenvalue weighted by molar-refractivity contribution is -0.141. The molecule has 17 heavy (non-hydrogen) atoms. The van der Waals surface area contributed by atoms with Crippen LogP contribution in [0.3, 0.4) is 0 Å². The van der Waals surface area contributed by atoms with E-state index in [1.807, 2.05) is 0 Å². The van der Waals surface area contributed by atoms with E-state index >= 15 is 0 Å². The second-order valence-corrected chi connectivity index (χ2v) is 4.20. The number of hydrogen-bond donors (Lipinski definition) is 2. The van der Waals surface area contributed by atoms with Crippen molar-refractivity contribution in [1.82, 2.24) is 0 Å². The summed E-state index contributed by atoms with van der Waals surface area (Å²) < 4.78 is 7.44. The van der Waals surface area contributed by atoms with Crippen LogP contribution in [0, 0.1) is 0 Å². The quantitative estimate of drug-likeness (QED) is 0.635. The molecular formula is C11H14N2O3S. The molecule has 0 unspecified atom stereocenters. The number of ether oxygens (including phenoxy) is 1. The zero-order valence-corrected chi connectivity index (χ0v) is 10.4. The Labute approximate surface area is 104 Å². The molecule has 0 fully saturated rings. The average Bonchev–Trinajstić information content (AvgIpc) is 2.35. The summed E-state index contributed by atoms with van der Waals surface area (Å²) in [4.78, 5) is 21.8. The van der Waals surface area contributed by atoms with Crippen molar-refractivity contribution in [3.05, 3.63) is 29.8 Å². The maximum absolute atomic E-state index is 11.3. The molecule has 0 saturated heterocycles. The summed E-state index contributed by atoms with van der Waals surface area (Å²) in [6.45, 7) is 1.77. The number of carbonyl (C=O) groups is 2. The summed E-state index contributed by atoms with van der Waals surface area (Å²) in [5, 5.41) is -0.503. The van der Waals surface area contributed by atoms with Gasteiger partial charge in [0.05, 0.1) is 13.0 Å². The van der Waals surface area contributed by atoms with Gasteiger partial charge in [-0.1, -0.05) is 12.1 Å². The third kappa shape index (κ3) is 3.99. The number of carbonyl (C=O) groups excluding carboxylic acids is 2. The number of benzene rings is 1. The first-order chi connectivity index (χ1) is 8.04. The smallest absolute Gasteiger partial charge is 0.312 e. The molecule has 0 radical (unpaired) electrons. The highest BCUT2D eigenvalue weighted by Gasteiger charge is 2.14. The van der Waals surface area contributed by atoms with Crippen molar-refractivity contribution >= 4 is 28.8 Å². The Hall–Kier alpha value is -1.69. The maximum Gasteiger partial charge on any atom is 0.312 e. The highest BCUT2D eigenvalue weighted by Crippen LogP contribution is 2.20. The predicted octanol–water partition coefficient (Wildman–Crippen LogP) is 2.10. The number of nitrogens with two attached hydrogens (primary N) is 1. The minimum absolute atomic E-state index is 0.280. The standard InChI is InChI=1S/C11H14N2O3S/c1-7(10(14)16-2)8-3-5-9(6-4-8)13-17-11(12)15/h3-7,13H,1-2H3,(H2,12,15)/t7-/m0/s1. The minimum Gasteiger partial charge on any atom is -0.469 e. The van der Waals surface area contributed by atoms with E-state index in [0.717, 1.165) is 23.2 Å². The lowest BCUT2D eigenvalue weighted by atomic mass is 10.0.